The Morgan fingerprint density at radius 1 is 0.319 bits per heavy atom. The summed E-state index contributed by atoms with van der Waals surface area (Å²) in [4.78, 5) is 0. The summed E-state index contributed by atoms with van der Waals surface area (Å²) in [7, 11) is 0. The first kappa shape index (κ1) is 58.4. The van der Waals surface area contributed by atoms with Crippen molar-refractivity contribution < 1.29 is 4.42 Å². The normalized spacial score (nSPS) is 16.3. The lowest BCUT2D eigenvalue weighted by Gasteiger charge is -2.33. The van der Waals surface area contributed by atoms with E-state index in [4.69, 9.17) is 16.0 Å². The largest absolute Gasteiger partial charge is 0.455 e. The van der Waals surface area contributed by atoms with Crippen molar-refractivity contribution in [2.75, 3.05) is 0 Å². The lowest BCUT2D eigenvalue weighted by atomic mass is 9.70. The minimum Gasteiger partial charge on any atom is -0.455 e. The van der Waals surface area contributed by atoms with E-state index in [9.17, 15) is 0 Å². The molecule has 0 atom stereocenters. The second-order valence-corrected chi connectivity index (χ2v) is 30.7. The summed E-state index contributed by atoms with van der Waals surface area (Å²) >= 11 is 6.80. The average molecular weight is 1210 g/mol. The maximum absolute atomic E-state index is 6.97. The van der Waals surface area contributed by atoms with Gasteiger partial charge in [-0.25, -0.2) is 0 Å². The predicted octanol–water partition coefficient (Wildman–Crippen LogP) is 26.2. The first-order valence-corrected chi connectivity index (χ1v) is 35.2. The molecule has 456 valence electrons. The molecule has 0 spiro atoms. The van der Waals surface area contributed by atoms with Crippen LogP contribution < -0.4 is 0 Å². The molecule has 0 radical (unpaired) electrons. The molecule has 0 aliphatic heterocycles. The van der Waals surface area contributed by atoms with Gasteiger partial charge in [-0.1, -0.05) is 279 Å². The van der Waals surface area contributed by atoms with Crippen LogP contribution in [0.4, 0.5) is 0 Å². The highest BCUT2D eigenvalue weighted by Crippen LogP contribution is 2.64. The number of unbranched alkanes of at least 4 members (excludes halogenated alkanes) is 10. The third-order valence-electron chi connectivity index (χ3n) is 23.5. The Balaban J connectivity index is 0.698. The van der Waals surface area contributed by atoms with E-state index in [1.54, 1.807) is 11.1 Å². The third-order valence-corrected chi connectivity index (χ3v) is 23.7. The molecule has 1 heterocycles. The van der Waals surface area contributed by atoms with Crippen LogP contribution in [0.2, 0.25) is 5.02 Å². The van der Waals surface area contributed by atoms with Crippen molar-refractivity contribution in [3.8, 4) is 89.0 Å². The lowest BCUT2D eigenvalue weighted by molar-refractivity contribution is 0.398. The first-order valence-electron chi connectivity index (χ1n) is 34.8. The van der Waals surface area contributed by atoms with Crippen molar-refractivity contribution in [2.24, 2.45) is 0 Å². The Morgan fingerprint density at radius 2 is 0.681 bits per heavy atom. The van der Waals surface area contributed by atoms with Gasteiger partial charge in [-0.15, -0.1) is 0 Å². The highest BCUT2D eigenvalue weighted by molar-refractivity contribution is 6.31. The Kier molecular flexibility index (Phi) is 13.7. The molecule has 0 saturated heterocycles. The standard InChI is InChI=1S/C89H87ClO/c1-11-13-15-17-19-25-45-89(46-26-20-18-16-14-12-2)70-29-23-21-27-61(70)66-42-35-59(52-77(66)89)57-34-41-65-63-39-32-55(48-72(63)86(5,6)74(65)50-57)54-31-38-62-64-40-33-56(49-73(64)85(3,4)71(62)47-54)58-36-43-67-75(51-58)87(7,8)82-79(67)80-69-28-22-24-30-78(69)91-84(80)81-68-44-37-60(90)53-76(68)88(9,10)83(81)82/h21-24,27-44,47-53H,11-20,25-26,45-46H2,1-10H3. The second-order valence-electron chi connectivity index (χ2n) is 30.2. The molecule has 0 saturated carbocycles. The number of hydrogen-bond acceptors (Lipinski definition) is 1. The van der Waals surface area contributed by atoms with Gasteiger partial charge in [-0.3, -0.25) is 0 Å². The van der Waals surface area contributed by atoms with Gasteiger partial charge in [0.1, 0.15) is 11.2 Å². The monoisotopic (exact) mass is 1210 g/mol. The topological polar surface area (TPSA) is 13.1 Å². The van der Waals surface area contributed by atoms with Crippen molar-refractivity contribution >= 4 is 33.5 Å². The molecule has 91 heavy (non-hydrogen) atoms. The molecular weight excluding hydrogens is 1120 g/mol. The van der Waals surface area contributed by atoms with E-state index in [0.717, 1.165) is 16.2 Å². The highest BCUT2D eigenvalue weighted by Gasteiger charge is 2.49. The van der Waals surface area contributed by atoms with Crippen LogP contribution in [0.1, 0.15) is 215 Å². The molecule has 1 aromatic heterocycles. The van der Waals surface area contributed by atoms with E-state index >= 15 is 0 Å². The summed E-state index contributed by atoms with van der Waals surface area (Å²) in [5.74, 6) is 0. The first-order chi connectivity index (χ1) is 44.0. The van der Waals surface area contributed by atoms with Crippen molar-refractivity contribution in [3.05, 3.63) is 237 Å². The van der Waals surface area contributed by atoms with Crippen molar-refractivity contribution in [2.45, 2.75) is 186 Å². The molecule has 0 bridgehead atoms. The fourth-order valence-corrected chi connectivity index (χ4v) is 18.8. The van der Waals surface area contributed by atoms with Crippen LogP contribution in [0.3, 0.4) is 0 Å². The molecule has 0 unspecified atom stereocenters. The van der Waals surface area contributed by atoms with E-state index < -0.39 is 0 Å². The van der Waals surface area contributed by atoms with Gasteiger partial charge in [0.05, 0.1) is 0 Å². The summed E-state index contributed by atoms with van der Waals surface area (Å²) < 4.78 is 6.97. The van der Waals surface area contributed by atoms with Crippen LogP contribution in [-0.4, -0.2) is 0 Å². The average Bonchev–Trinajstić information content (AvgIpc) is 1.51. The van der Waals surface area contributed by atoms with Crippen LogP contribution in [0, 0.1) is 0 Å². The fraction of sp³-hybridized carbons (Fsp3) is 0.326. The molecule has 5 aliphatic rings. The van der Waals surface area contributed by atoms with E-state index in [1.807, 2.05) is 6.07 Å². The van der Waals surface area contributed by atoms with E-state index in [2.05, 4.69) is 239 Å². The zero-order valence-corrected chi connectivity index (χ0v) is 56.2. The zero-order chi connectivity index (χ0) is 62.5. The molecule has 0 N–H and O–H groups in total. The summed E-state index contributed by atoms with van der Waals surface area (Å²) in [5, 5.41) is 3.16. The Hall–Kier alpha value is -7.71. The maximum Gasteiger partial charge on any atom is 0.144 e. The summed E-state index contributed by atoms with van der Waals surface area (Å²) in [6, 6.07) is 68.7. The molecule has 5 aliphatic carbocycles. The van der Waals surface area contributed by atoms with Crippen molar-refractivity contribution in [1.29, 1.82) is 0 Å². The van der Waals surface area contributed by atoms with Crippen LogP contribution in [0.25, 0.3) is 111 Å². The predicted molar refractivity (Wildman–Crippen MR) is 387 cm³/mol. The van der Waals surface area contributed by atoms with E-state index in [-0.39, 0.29) is 27.1 Å². The number of benzene rings is 10. The lowest BCUT2D eigenvalue weighted by Crippen LogP contribution is -2.25. The summed E-state index contributed by atoms with van der Waals surface area (Å²) in [5.41, 5.74) is 36.4. The van der Waals surface area contributed by atoms with Gasteiger partial charge in [0.15, 0.2) is 0 Å². The molecule has 0 fully saturated rings. The van der Waals surface area contributed by atoms with Crippen LogP contribution in [0.15, 0.2) is 180 Å². The van der Waals surface area contributed by atoms with Gasteiger partial charge in [-0.2, -0.15) is 0 Å². The minimum atomic E-state index is -0.286. The molecule has 0 amide bonds. The van der Waals surface area contributed by atoms with Gasteiger partial charge >= 0.3 is 0 Å². The SMILES string of the molecule is CCCCCCCCC1(CCCCCCCC)c2ccccc2-c2ccc(-c3ccc4c(c3)C(C)(C)c3cc(-c5ccc6c(c5)C(C)(C)c5cc(-c7ccc8c(c7)C(C)(C)c7c9c(c%10oc%11ccccc%11c%10c7-8)-c7ccc(Cl)cc7C9(C)C)ccc5-6)ccc3-4)cc21. The van der Waals surface area contributed by atoms with E-state index in [1.165, 1.54) is 234 Å². The van der Waals surface area contributed by atoms with Crippen molar-refractivity contribution in [1.82, 2.24) is 0 Å². The van der Waals surface area contributed by atoms with Gasteiger partial charge in [0.25, 0.3) is 0 Å². The highest BCUT2D eigenvalue weighted by atomic mass is 35.5. The molecular formula is C89H87ClO. The summed E-state index contributed by atoms with van der Waals surface area (Å²) in [6.45, 7) is 24.1. The smallest absolute Gasteiger partial charge is 0.144 e. The Labute approximate surface area is 546 Å². The number of fused-ring (bicyclic) bond motifs is 21. The Morgan fingerprint density at radius 3 is 1.19 bits per heavy atom. The van der Waals surface area contributed by atoms with Crippen LogP contribution in [0.5, 0.6) is 0 Å². The molecule has 2 heteroatoms. The zero-order valence-electron chi connectivity index (χ0n) is 55.4. The number of halogens is 1. The minimum absolute atomic E-state index is 0.0592. The van der Waals surface area contributed by atoms with Gasteiger partial charge < -0.3 is 4.42 Å². The van der Waals surface area contributed by atoms with E-state index in [0.29, 0.717) is 0 Å². The number of rotatable bonds is 17. The third kappa shape index (κ3) is 8.67. The molecule has 10 aromatic carbocycles. The van der Waals surface area contributed by atoms with Crippen LogP contribution >= 0.6 is 11.6 Å². The number of para-hydroxylation sites is 1. The fourth-order valence-electron chi connectivity index (χ4n) is 18.6. The molecule has 16 rings (SSSR count). The summed E-state index contributed by atoms with van der Waals surface area (Å²) in [6.07, 6.45) is 18.4. The number of furan rings is 1. The Bertz CT molecular complexity index is 4800. The van der Waals surface area contributed by atoms with Crippen molar-refractivity contribution in [3.63, 3.8) is 0 Å². The van der Waals surface area contributed by atoms with Gasteiger partial charge in [0.2, 0.25) is 0 Å². The van der Waals surface area contributed by atoms with Gasteiger partial charge in [-0.05, 0) is 207 Å². The molecule has 11 aromatic rings. The maximum atomic E-state index is 6.97. The van der Waals surface area contributed by atoms with Crippen LogP contribution in [-0.2, 0) is 27.1 Å². The molecule has 1 nitrogen and oxygen atoms in total. The van der Waals surface area contributed by atoms with Gasteiger partial charge in [0, 0.05) is 48.4 Å². The second kappa shape index (κ2) is 21.4. The quantitative estimate of drug-likeness (QED) is 0.0828. The number of hydrogen-bond donors (Lipinski definition) is 0.